The molecule has 0 bridgehead atoms. The van der Waals surface area contributed by atoms with Gasteiger partial charge in [0.25, 0.3) is 11.8 Å². The molecule has 0 spiro atoms. The Kier molecular flexibility index (Phi) is 6.09. The zero-order valence-electron chi connectivity index (χ0n) is 17.1. The number of barbiturate groups is 1. The van der Waals surface area contributed by atoms with E-state index in [1.54, 1.807) is 12.1 Å². The van der Waals surface area contributed by atoms with E-state index in [1.165, 1.54) is 6.08 Å². The molecule has 2 N–H and O–H groups in total. The molecule has 1 aliphatic heterocycles. The van der Waals surface area contributed by atoms with Crippen LogP contribution >= 0.6 is 11.6 Å². The largest absolute Gasteiger partial charge is 0.490 e. The average molecular weight is 451 g/mol. The number of imide groups is 2. The summed E-state index contributed by atoms with van der Waals surface area (Å²) >= 11 is 6.48. The lowest BCUT2D eigenvalue weighted by atomic mass is 10.1. The first-order valence-electron chi connectivity index (χ1n) is 9.90. The molecule has 3 aromatic carbocycles. The maximum atomic E-state index is 12.0. The Balaban J connectivity index is 1.64. The second-order valence-corrected chi connectivity index (χ2v) is 7.39. The molecule has 1 heterocycles. The highest BCUT2D eigenvalue weighted by Crippen LogP contribution is 2.38. The standard InChI is InChI=1S/C24H19ClN2O5/c1-2-31-20-12-14(10-18-22(28)26-24(30)27-23(18)29)11-19(25)21(20)32-13-16-8-5-7-15-6-3-4-9-17(15)16/h3-12H,2,13H2,1H3,(H2,26,27,28,29,30). The Morgan fingerprint density at radius 3 is 2.41 bits per heavy atom. The van der Waals surface area contributed by atoms with E-state index in [0.717, 1.165) is 16.3 Å². The normalized spacial score (nSPS) is 13.6. The van der Waals surface area contributed by atoms with Gasteiger partial charge in [-0.15, -0.1) is 0 Å². The van der Waals surface area contributed by atoms with E-state index >= 15 is 0 Å². The molecular weight excluding hydrogens is 432 g/mol. The Labute approximate surface area is 189 Å². The van der Waals surface area contributed by atoms with Crippen molar-refractivity contribution in [1.82, 2.24) is 10.6 Å². The van der Waals surface area contributed by atoms with Gasteiger partial charge in [0.2, 0.25) is 0 Å². The highest BCUT2D eigenvalue weighted by molar-refractivity contribution is 6.33. The maximum absolute atomic E-state index is 12.0. The summed E-state index contributed by atoms with van der Waals surface area (Å²) in [5, 5.41) is 6.51. The van der Waals surface area contributed by atoms with Crippen LogP contribution in [0.4, 0.5) is 4.79 Å². The molecule has 1 saturated heterocycles. The minimum Gasteiger partial charge on any atom is -0.490 e. The van der Waals surface area contributed by atoms with Crippen LogP contribution in [-0.2, 0) is 16.2 Å². The number of carbonyl (C=O) groups is 3. The van der Waals surface area contributed by atoms with Crippen molar-refractivity contribution in [1.29, 1.82) is 0 Å². The molecule has 0 radical (unpaired) electrons. The molecule has 7 nitrogen and oxygen atoms in total. The van der Waals surface area contributed by atoms with E-state index in [2.05, 4.69) is 0 Å². The number of halogens is 1. The van der Waals surface area contributed by atoms with Crippen LogP contribution < -0.4 is 20.1 Å². The van der Waals surface area contributed by atoms with Crippen LogP contribution in [0, 0.1) is 0 Å². The van der Waals surface area contributed by atoms with Crippen molar-refractivity contribution in [3.8, 4) is 11.5 Å². The van der Waals surface area contributed by atoms with E-state index < -0.39 is 17.8 Å². The Bertz CT molecular complexity index is 1240. The highest BCUT2D eigenvalue weighted by Gasteiger charge is 2.28. The number of nitrogens with one attached hydrogen (secondary N) is 2. The van der Waals surface area contributed by atoms with Crippen molar-refractivity contribution < 1.29 is 23.9 Å². The molecular formula is C24H19ClN2O5. The number of urea groups is 1. The SMILES string of the molecule is CCOc1cc(C=C2C(=O)NC(=O)NC2=O)cc(Cl)c1OCc1cccc2ccccc12. The third-order valence-electron chi connectivity index (χ3n) is 4.84. The first-order valence-corrected chi connectivity index (χ1v) is 10.3. The van der Waals surface area contributed by atoms with Gasteiger partial charge >= 0.3 is 6.03 Å². The average Bonchev–Trinajstić information content (AvgIpc) is 2.76. The fraction of sp³-hybridized carbons (Fsp3) is 0.125. The van der Waals surface area contributed by atoms with Gasteiger partial charge in [0.15, 0.2) is 11.5 Å². The highest BCUT2D eigenvalue weighted by atomic mass is 35.5. The lowest BCUT2D eigenvalue weighted by molar-refractivity contribution is -0.123. The molecule has 0 saturated carbocycles. The van der Waals surface area contributed by atoms with Gasteiger partial charge in [-0.05, 0) is 47.0 Å². The summed E-state index contributed by atoms with van der Waals surface area (Å²) in [6, 6.07) is 16.3. The lowest BCUT2D eigenvalue weighted by Gasteiger charge is -2.17. The summed E-state index contributed by atoms with van der Waals surface area (Å²) < 4.78 is 11.7. The summed E-state index contributed by atoms with van der Waals surface area (Å²) in [7, 11) is 0. The van der Waals surface area contributed by atoms with Gasteiger partial charge < -0.3 is 9.47 Å². The lowest BCUT2D eigenvalue weighted by Crippen LogP contribution is -2.51. The number of benzene rings is 3. The molecule has 4 rings (SSSR count). The number of ether oxygens (including phenoxy) is 2. The van der Waals surface area contributed by atoms with Gasteiger partial charge in [-0.1, -0.05) is 54.1 Å². The first kappa shape index (κ1) is 21.4. The van der Waals surface area contributed by atoms with Gasteiger partial charge in [0.05, 0.1) is 11.6 Å². The summed E-state index contributed by atoms with van der Waals surface area (Å²) in [5.41, 5.74) is 1.23. The summed E-state index contributed by atoms with van der Waals surface area (Å²) in [4.78, 5) is 35.2. The predicted octanol–water partition coefficient (Wildman–Crippen LogP) is 4.22. The number of hydrogen-bond acceptors (Lipinski definition) is 5. The monoisotopic (exact) mass is 450 g/mol. The fourth-order valence-electron chi connectivity index (χ4n) is 3.42. The van der Waals surface area contributed by atoms with Crippen LogP contribution in [0.3, 0.4) is 0 Å². The van der Waals surface area contributed by atoms with Gasteiger partial charge in [0.1, 0.15) is 12.2 Å². The van der Waals surface area contributed by atoms with Crippen LogP contribution in [0.2, 0.25) is 5.02 Å². The first-order chi connectivity index (χ1) is 15.5. The maximum Gasteiger partial charge on any atom is 0.328 e. The molecule has 0 atom stereocenters. The van der Waals surface area contributed by atoms with Crippen LogP contribution in [0.1, 0.15) is 18.1 Å². The van der Waals surface area contributed by atoms with E-state index in [9.17, 15) is 14.4 Å². The molecule has 0 aliphatic carbocycles. The molecule has 32 heavy (non-hydrogen) atoms. The van der Waals surface area contributed by atoms with Crippen molar-refractivity contribution in [2.75, 3.05) is 6.61 Å². The Morgan fingerprint density at radius 2 is 1.66 bits per heavy atom. The molecule has 1 aliphatic rings. The van der Waals surface area contributed by atoms with Gasteiger partial charge in [0, 0.05) is 0 Å². The molecule has 4 amide bonds. The zero-order valence-corrected chi connectivity index (χ0v) is 17.9. The van der Waals surface area contributed by atoms with Crippen LogP contribution in [-0.4, -0.2) is 24.5 Å². The van der Waals surface area contributed by atoms with Crippen molar-refractivity contribution >= 4 is 46.3 Å². The van der Waals surface area contributed by atoms with Gasteiger partial charge in [-0.25, -0.2) is 4.79 Å². The van der Waals surface area contributed by atoms with Crippen LogP contribution in [0.15, 0.2) is 60.2 Å². The zero-order chi connectivity index (χ0) is 22.7. The Hall–Kier alpha value is -3.84. The third-order valence-corrected chi connectivity index (χ3v) is 5.12. The Morgan fingerprint density at radius 1 is 0.938 bits per heavy atom. The topological polar surface area (TPSA) is 93.7 Å². The summed E-state index contributed by atoms with van der Waals surface area (Å²) in [6.07, 6.45) is 1.33. The molecule has 1 fully saturated rings. The minimum atomic E-state index is -0.859. The minimum absolute atomic E-state index is 0.215. The second-order valence-electron chi connectivity index (χ2n) is 6.99. The van der Waals surface area contributed by atoms with E-state index in [1.807, 2.05) is 60.0 Å². The van der Waals surface area contributed by atoms with Gasteiger partial charge in [-0.2, -0.15) is 0 Å². The molecule has 8 heteroatoms. The quantitative estimate of drug-likeness (QED) is 0.433. The van der Waals surface area contributed by atoms with Crippen molar-refractivity contribution in [3.05, 3.63) is 76.3 Å². The van der Waals surface area contributed by atoms with Crippen LogP contribution in [0.25, 0.3) is 16.8 Å². The molecule has 0 aromatic heterocycles. The number of fused-ring (bicyclic) bond motifs is 1. The number of rotatable bonds is 6. The molecule has 162 valence electrons. The smallest absolute Gasteiger partial charge is 0.328 e. The van der Waals surface area contributed by atoms with Crippen molar-refractivity contribution in [2.45, 2.75) is 13.5 Å². The van der Waals surface area contributed by atoms with Crippen LogP contribution in [0.5, 0.6) is 11.5 Å². The summed E-state index contributed by atoms with van der Waals surface area (Å²) in [5.74, 6) is -0.843. The number of hydrogen-bond donors (Lipinski definition) is 2. The number of carbonyl (C=O) groups excluding carboxylic acids is 3. The third kappa shape index (κ3) is 4.43. The fourth-order valence-corrected chi connectivity index (χ4v) is 3.69. The van der Waals surface area contributed by atoms with Crippen molar-refractivity contribution in [3.63, 3.8) is 0 Å². The van der Waals surface area contributed by atoms with E-state index in [4.69, 9.17) is 21.1 Å². The van der Waals surface area contributed by atoms with Gasteiger partial charge in [-0.3, -0.25) is 20.2 Å². The molecule has 0 unspecified atom stereocenters. The second kappa shape index (κ2) is 9.11. The van der Waals surface area contributed by atoms with E-state index in [-0.39, 0.29) is 17.2 Å². The predicted molar refractivity (Wildman–Crippen MR) is 121 cm³/mol. The molecule has 3 aromatic rings. The summed E-state index contributed by atoms with van der Waals surface area (Å²) in [6.45, 7) is 2.45. The van der Waals surface area contributed by atoms with E-state index in [0.29, 0.717) is 23.7 Å². The number of amides is 4. The van der Waals surface area contributed by atoms with Crippen molar-refractivity contribution in [2.24, 2.45) is 0 Å².